The molecule has 2 aromatic rings. The van der Waals surface area contributed by atoms with Gasteiger partial charge in [0.1, 0.15) is 0 Å². The number of rotatable bonds is 10. The SMILES string of the molecule is CCCCCOc1ccc(-c2ccc(C3CCC(CCCC)CO3)c(F)c2F)cc1F. The highest BCUT2D eigenvalue weighted by atomic mass is 19.2. The first kappa shape index (κ1) is 23.6. The van der Waals surface area contributed by atoms with Gasteiger partial charge in [-0.3, -0.25) is 0 Å². The monoisotopic (exact) mass is 434 g/mol. The van der Waals surface area contributed by atoms with Crippen molar-refractivity contribution in [3.8, 4) is 16.9 Å². The molecule has 0 radical (unpaired) electrons. The van der Waals surface area contributed by atoms with Crippen molar-refractivity contribution in [3.05, 3.63) is 53.3 Å². The second-order valence-corrected chi connectivity index (χ2v) is 8.44. The van der Waals surface area contributed by atoms with E-state index in [4.69, 9.17) is 9.47 Å². The number of ether oxygens (including phenoxy) is 2. The van der Waals surface area contributed by atoms with Gasteiger partial charge in [-0.1, -0.05) is 57.7 Å². The minimum atomic E-state index is -0.967. The Morgan fingerprint density at radius 2 is 1.74 bits per heavy atom. The smallest absolute Gasteiger partial charge is 0.167 e. The first-order valence-electron chi connectivity index (χ1n) is 11.6. The zero-order chi connectivity index (χ0) is 22.2. The maximum absolute atomic E-state index is 14.9. The molecule has 2 atom stereocenters. The fourth-order valence-electron chi connectivity index (χ4n) is 4.13. The molecule has 0 amide bonds. The summed E-state index contributed by atoms with van der Waals surface area (Å²) >= 11 is 0. The van der Waals surface area contributed by atoms with Crippen molar-refractivity contribution >= 4 is 0 Å². The topological polar surface area (TPSA) is 18.5 Å². The van der Waals surface area contributed by atoms with E-state index in [2.05, 4.69) is 13.8 Å². The van der Waals surface area contributed by atoms with Gasteiger partial charge in [0.25, 0.3) is 0 Å². The summed E-state index contributed by atoms with van der Waals surface area (Å²) < 4.78 is 55.5. The third-order valence-electron chi connectivity index (χ3n) is 6.04. The number of hydrogen-bond acceptors (Lipinski definition) is 2. The predicted molar refractivity (Wildman–Crippen MR) is 118 cm³/mol. The van der Waals surface area contributed by atoms with Crippen molar-refractivity contribution in [2.75, 3.05) is 13.2 Å². The second kappa shape index (κ2) is 11.6. The van der Waals surface area contributed by atoms with Crippen LogP contribution in [-0.4, -0.2) is 13.2 Å². The second-order valence-electron chi connectivity index (χ2n) is 8.44. The minimum Gasteiger partial charge on any atom is -0.491 e. The molecule has 1 heterocycles. The van der Waals surface area contributed by atoms with Gasteiger partial charge in [-0.15, -0.1) is 0 Å². The first-order valence-corrected chi connectivity index (χ1v) is 11.6. The van der Waals surface area contributed by atoms with Crippen LogP contribution >= 0.6 is 0 Å². The fraction of sp³-hybridized carbons (Fsp3) is 0.538. The first-order chi connectivity index (χ1) is 15.0. The highest BCUT2D eigenvalue weighted by Crippen LogP contribution is 2.37. The van der Waals surface area contributed by atoms with Crippen molar-refractivity contribution < 1.29 is 22.6 Å². The Labute approximate surface area is 183 Å². The van der Waals surface area contributed by atoms with E-state index in [-0.39, 0.29) is 22.4 Å². The summed E-state index contributed by atoms with van der Waals surface area (Å²) in [4.78, 5) is 0. The van der Waals surface area contributed by atoms with Gasteiger partial charge in [-0.2, -0.15) is 0 Å². The normalized spacial score (nSPS) is 18.9. The lowest BCUT2D eigenvalue weighted by Crippen LogP contribution is -2.21. The molecule has 0 aromatic heterocycles. The molecule has 1 aliphatic rings. The van der Waals surface area contributed by atoms with E-state index < -0.39 is 23.6 Å². The lowest BCUT2D eigenvalue weighted by molar-refractivity contribution is -0.0217. The van der Waals surface area contributed by atoms with E-state index in [1.807, 2.05) is 0 Å². The van der Waals surface area contributed by atoms with Crippen LogP contribution in [0.15, 0.2) is 30.3 Å². The van der Waals surface area contributed by atoms with Gasteiger partial charge >= 0.3 is 0 Å². The molecule has 0 bridgehead atoms. The Morgan fingerprint density at radius 1 is 0.935 bits per heavy atom. The number of benzene rings is 2. The number of unbranched alkanes of at least 4 members (excludes halogenated alkanes) is 3. The van der Waals surface area contributed by atoms with E-state index in [1.165, 1.54) is 18.2 Å². The predicted octanol–water partition coefficient (Wildman–Crippen LogP) is 8.00. The molecule has 3 rings (SSSR count). The lowest BCUT2D eigenvalue weighted by atomic mass is 9.90. The molecule has 0 spiro atoms. The van der Waals surface area contributed by atoms with E-state index in [0.717, 1.165) is 44.9 Å². The highest BCUT2D eigenvalue weighted by Gasteiger charge is 2.27. The molecular formula is C26H33F3O2. The maximum Gasteiger partial charge on any atom is 0.167 e. The molecule has 1 saturated heterocycles. The summed E-state index contributed by atoms with van der Waals surface area (Å²) in [6.45, 7) is 5.26. The Morgan fingerprint density at radius 3 is 2.42 bits per heavy atom. The van der Waals surface area contributed by atoms with Crippen molar-refractivity contribution in [1.82, 2.24) is 0 Å². The van der Waals surface area contributed by atoms with Crippen molar-refractivity contribution in [1.29, 1.82) is 0 Å². The maximum atomic E-state index is 14.9. The quantitative estimate of drug-likeness (QED) is 0.353. The third kappa shape index (κ3) is 6.03. The van der Waals surface area contributed by atoms with Crippen LogP contribution in [0.4, 0.5) is 13.2 Å². The van der Waals surface area contributed by atoms with E-state index >= 15 is 0 Å². The lowest BCUT2D eigenvalue weighted by Gasteiger charge is -2.29. The van der Waals surface area contributed by atoms with Gasteiger partial charge in [0.2, 0.25) is 0 Å². The van der Waals surface area contributed by atoms with Crippen LogP contribution in [-0.2, 0) is 4.74 Å². The van der Waals surface area contributed by atoms with Crippen LogP contribution in [0.1, 0.15) is 76.9 Å². The molecule has 1 fully saturated rings. The zero-order valence-electron chi connectivity index (χ0n) is 18.6. The fourth-order valence-corrected chi connectivity index (χ4v) is 4.13. The third-order valence-corrected chi connectivity index (χ3v) is 6.04. The number of halogens is 3. The average molecular weight is 435 g/mol. The summed E-state index contributed by atoms with van der Waals surface area (Å²) in [5, 5.41) is 0. The van der Waals surface area contributed by atoms with Crippen LogP contribution in [0.3, 0.4) is 0 Å². The van der Waals surface area contributed by atoms with Crippen molar-refractivity contribution in [2.45, 2.75) is 71.3 Å². The van der Waals surface area contributed by atoms with E-state index in [9.17, 15) is 13.2 Å². The van der Waals surface area contributed by atoms with Gasteiger partial charge < -0.3 is 9.47 Å². The summed E-state index contributed by atoms with van der Waals surface area (Å²) in [5.41, 5.74) is 0.561. The Balaban J connectivity index is 1.70. The van der Waals surface area contributed by atoms with Gasteiger partial charge in [0.05, 0.1) is 19.3 Å². The number of hydrogen-bond donors (Lipinski definition) is 0. The summed E-state index contributed by atoms with van der Waals surface area (Å²) in [6.07, 6.45) is 7.55. The van der Waals surface area contributed by atoms with E-state index in [1.54, 1.807) is 12.1 Å². The molecule has 31 heavy (non-hydrogen) atoms. The van der Waals surface area contributed by atoms with Crippen LogP contribution in [0.2, 0.25) is 0 Å². The average Bonchev–Trinajstić information content (AvgIpc) is 2.78. The Hall–Kier alpha value is -2.01. The molecule has 2 unspecified atom stereocenters. The zero-order valence-corrected chi connectivity index (χ0v) is 18.6. The van der Waals surface area contributed by atoms with Crippen LogP contribution in [0.5, 0.6) is 5.75 Å². The van der Waals surface area contributed by atoms with Gasteiger partial charge in [0, 0.05) is 11.1 Å². The summed E-state index contributed by atoms with van der Waals surface area (Å²) in [5.74, 6) is -1.83. The molecular weight excluding hydrogens is 401 g/mol. The highest BCUT2D eigenvalue weighted by molar-refractivity contribution is 5.66. The van der Waals surface area contributed by atoms with Gasteiger partial charge in [-0.05, 0) is 49.3 Å². The van der Waals surface area contributed by atoms with Crippen LogP contribution in [0.25, 0.3) is 11.1 Å². The molecule has 5 heteroatoms. The van der Waals surface area contributed by atoms with Gasteiger partial charge in [-0.25, -0.2) is 13.2 Å². The van der Waals surface area contributed by atoms with Gasteiger partial charge in [0.15, 0.2) is 23.2 Å². The van der Waals surface area contributed by atoms with Crippen LogP contribution in [0, 0.1) is 23.4 Å². The van der Waals surface area contributed by atoms with Crippen molar-refractivity contribution in [3.63, 3.8) is 0 Å². The Bertz CT molecular complexity index is 845. The molecule has 2 nitrogen and oxygen atoms in total. The molecule has 170 valence electrons. The molecule has 0 aliphatic carbocycles. The summed E-state index contributed by atoms with van der Waals surface area (Å²) in [6, 6.07) is 7.31. The van der Waals surface area contributed by atoms with E-state index in [0.29, 0.717) is 25.6 Å². The Kier molecular flexibility index (Phi) is 8.82. The molecule has 0 N–H and O–H groups in total. The van der Waals surface area contributed by atoms with Crippen LogP contribution < -0.4 is 4.74 Å². The molecule has 0 saturated carbocycles. The largest absolute Gasteiger partial charge is 0.491 e. The standard InChI is InChI=1S/C26H33F3O2/c1-3-5-7-15-30-24-14-10-19(16-22(24)27)20-11-12-21(26(29)25(20)28)23-13-9-18(17-31-23)8-6-4-2/h10-12,14,16,18,23H,3-9,13,15,17H2,1-2H3. The molecule has 1 aliphatic heterocycles. The summed E-state index contributed by atoms with van der Waals surface area (Å²) in [7, 11) is 0. The minimum absolute atomic E-state index is 0.0364. The van der Waals surface area contributed by atoms with Crippen molar-refractivity contribution in [2.24, 2.45) is 5.92 Å². The molecule has 2 aromatic carbocycles.